The van der Waals surface area contributed by atoms with Crippen molar-refractivity contribution in [2.75, 3.05) is 5.88 Å². The second-order valence-corrected chi connectivity index (χ2v) is 6.55. The maximum atomic E-state index is 13.7. The maximum absolute atomic E-state index is 13.7. The lowest BCUT2D eigenvalue weighted by molar-refractivity contribution is 0.507. The van der Waals surface area contributed by atoms with E-state index in [0.29, 0.717) is 18.2 Å². The van der Waals surface area contributed by atoms with Gasteiger partial charge in [0.2, 0.25) is 0 Å². The van der Waals surface area contributed by atoms with E-state index in [4.69, 9.17) is 23.2 Å². The van der Waals surface area contributed by atoms with E-state index in [9.17, 15) is 4.39 Å². The monoisotopic (exact) mass is 330 g/mol. The van der Waals surface area contributed by atoms with Gasteiger partial charge in [-0.3, -0.25) is 0 Å². The number of fused-ring (bicyclic) bond motifs is 1. The van der Waals surface area contributed by atoms with Crippen molar-refractivity contribution < 1.29 is 4.39 Å². The van der Waals surface area contributed by atoms with Crippen molar-refractivity contribution in [1.82, 2.24) is 9.55 Å². The highest BCUT2D eigenvalue weighted by Crippen LogP contribution is 2.25. The smallest absolute Gasteiger partial charge is 0.144 e. The van der Waals surface area contributed by atoms with Crippen molar-refractivity contribution in [3.8, 4) is 0 Å². The van der Waals surface area contributed by atoms with Gasteiger partial charge in [-0.25, -0.2) is 9.37 Å². The van der Waals surface area contributed by atoms with Gasteiger partial charge in [0.1, 0.15) is 11.6 Å². The first kappa shape index (κ1) is 16.6. The Morgan fingerprint density at radius 1 is 1.29 bits per heavy atom. The summed E-state index contributed by atoms with van der Waals surface area (Å²) in [7, 11) is 0. The fraction of sp³-hybridized carbons (Fsp3) is 0.562. The van der Waals surface area contributed by atoms with E-state index >= 15 is 0 Å². The minimum atomic E-state index is -0.398. The number of aryl methyl sites for hydroxylation is 2. The van der Waals surface area contributed by atoms with E-state index in [1.54, 1.807) is 6.07 Å². The fourth-order valence-electron chi connectivity index (χ4n) is 2.52. The molecule has 0 saturated carbocycles. The molecular formula is C16H21Cl2FN2. The molecule has 0 N–H and O–H groups in total. The first-order chi connectivity index (χ1) is 10.0. The van der Waals surface area contributed by atoms with Gasteiger partial charge in [0.15, 0.2) is 0 Å². The molecule has 0 saturated heterocycles. The molecular weight excluding hydrogens is 310 g/mol. The van der Waals surface area contributed by atoms with Crippen molar-refractivity contribution in [2.24, 2.45) is 5.92 Å². The summed E-state index contributed by atoms with van der Waals surface area (Å²) in [5.41, 5.74) is 1.55. The molecule has 0 aliphatic heterocycles. The molecule has 0 unspecified atom stereocenters. The van der Waals surface area contributed by atoms with Crippen LogP contribution in [0.5, 0.6) is 0 Å². The summed E-state index contributed by atoms with van der Waals surface area (Å²) in [6, 6.07) is 3.07. The topological polar surface area (TPSA) is 17.8 Å². The second kappa shape index (κ2) is 7.46. The van der Waals surface area contributed by atoms with Gasteiger partial charge in [-0.15, -0.1) is 11.6 Å². The van der Waals surface area contributed by atoms with Gasteiger partial charge in [-0.05, 0) is 18.4 Å². The van der Waals surface area contributed by atoms with Crippen LogP contribution in [0.1, 0.15) is 38.9 Å². The highest BCUT2D eigenvalue weighted by molar-refractivity contribution is 6.31. The zero-order valence-corrected chi connectivity index (χ0v) is 14.0. The third kappa shape index (κ3) is 4.10. The third-order valence-corrected chi connectivity index (χ3v) is 4.08. The minimum absolute atomic E-state index is 0.115. The summed E-state index contributed by atoms with van der Waals surface area (Å²) in [4.78, 5) is 4.55. The van der Waals surface area contributed by atoms with Crippen LogP contribution in [0.3, 0.4) is 0 Å². The standard InChI is InChI=1S/C16H21Cl2FN2/c1-11(2)5-3-4-8-21-15-10-13(19)12(18)9-14(15)20-16(21)6-7-17/h9-11H,3-8H2,1-2H3. The lowest BCUT2D eigenvalue weighted by Gasteiger charge is -2.09. The highest BCUT2D eigenvalue weighted by atomic mass is 35.5. The van der Waals surface area contributed by atoms with Gasteiger partial charge in [0.05, 0.1) is 16.1 Å². The summed E-state index contributed by atoms with van der Waals surface area (Å²) in [5, 5.41) is 0.115. The molecule has 116 valence electrons. The molecule has 1 heterocycles. The first-order valence-electron chi connectivity index (χ1n) is 7.43. The predicted molar refractivity (Wildman–Crippen MR) is 87.8 cm³/mol. The number of aromatic nitrogens is 2. The van der Waals surface area contributed by atoms with Crippen molar-refractivity contribution in [3.05, 3.63) is 28.8 Å². The van der Waals surface area contributed by atoms with Crippen LogP contribution in [0.15, 0.2) is 12.1 Å². The Morgan fingerprint density at radius 3 is 2.71 bits per heavy atom. The van der Waals surface area contributed by atoms with Gasteiger partial charge in [-0.1, -0.05) is 38.3 Å². The van der Waals surface area contributed by atoms with Gasteiger partial charge in [-0.2, -0.15) is 0 Å². The van der Waals surface area contributed by atoms with E-state index in [2.05, 4.69) is 23.4 Å². The van der Waals surface area contributed by atoms with Crippen molar-refractivity contribution in [2.45, 2.75) is 46.1 Å². The number of nitrogens with zero attached hydrogens (tertiary/aromatic N) is 2. The molecule has 0 bridgehead atoms. The molecule has 0 amide bonds. The summed E-state index contributed by atoms with van der Waals surface area (Å²) in [6.45, 7) is 5.29. The average Bonchev–Trinajstić information content (AvgIpc) is 2.73. The number of halogens is 3. The summed E-state index contributed by atoms with van der Waals surface area (Å²) in [5.74, 6) is 1.73. The van der Waals surface area contributed by atoms with E-state index in [1.807, 2.05) is 0 Å². The van der Waals surface area contributed by atoms with Crippen LogP contribution in [0.4, 0.5) is 4.39 Å². The van der Waals surface area contributed by atoms with Crippen LogP contribution < -0.4 is 0 Å². The van der Waals surface area contributed by atoms with E-state index in [0.717, 1.165) is 36.2 Å². The Bertz CT molecular complexity index is 608. The molecule has 0 fully saturated rings. The van der Waals surface area contributed by atoms with Crippen LogP contribution in [-0.4, -0.2) is 15.4 Å². The molecule has 2 aromatic rings. The van der Waals surface area contributed by atoms with Gasteiger partial charge < -0.3 is 4.57 Å². The van der Waals surface area contributed by atoms with E-state index in [1.165, 1.54) is 12.5 Å². The van der Waals surface area contributed by atoms with Crippen molar-refractivity contribution >= 4 is 34.2 Å². The molecule has 5 heteroatoms. The summed E-state index contributed by atoms with van der Waals surface area (Å²) >= 11 is 11.7. The van der Waals surface area contributed by atoms with Crippen molar-refractivity contribution in [3.63, 3.8) is 0 Å². The van der Waals surface area contributed by atoms with Crippen LogP contribution in [0, 0.1) is 11.7 Å². The second-order valence-electron chi connectivity index (χ2n) is 5.76. The Morgan fingerprint density at radius 2 is 2.05 bits per heavy atom. The van der Waals surface area contributed by atoms with Crippen LogP contribution in [0.25, 0.3) is 11.0 Å². The predicted octanol–water partition coefficient (Wildman–Crippen LogP) is 5.44. The molecule has 1 aromatic carbocycles. The van der Waals surface area contributed by atoms with Crippen LogP contribution in [-0.2, 0) is 13.0 Å². The number of rotatable bonds is 7. The SMILES string of the molecule is CC(C)CCCCn1c(CCCl)nc2cc(Cl)c(F)cc21. The lowest BCUT2D eigenvalue weighted by atomic mass is 10.1. The van der Waals surface area contributed by atoms with Gasteiger partial charge in [0, 0.05) is 24.9 Å². The Kier molecular flexibility index (Phi) is 5.88. The molecule has 1 aromatic heterocycles. The lowest BCUT2D eigenvalue weighted by Crippen LogP contribution is -2.05. The number of hydrogen-bond donors (Lipinski definition) is 0. The van der Waals surface area contributed by atoms with Gasteiger partial charge >= 0.3 is 0 Å². The molecule has 2 rings (SSSR count). The normalized spacial score (nSPS) is 11.7. The molecule has 21 heavy (non-hydrogen) atoms. The molecule has 0 aliphatic rings. The number of alkyl halides is 1. The number of imidazole rings is 1. The fourth-order valence-corrected chi connectivity index (χ4v) is 2.84. The summed E-state index contributed by atoms with van der Waals surface area (Å²) < 4.78 is 15.8. The Balaban J connectivity index is 2.25. The van der Waals surface area contributed by atoms with E-state index < -0.39 is 5.82 Å². The molecule has 0 atom stereocenters. The molecule has 0 spiro atoms. The minimum Gasteiger partial charge on any atom is -0.328 e. The molecule has 2 nitrogen and oxygen atoms in total. The quantitative estimate of drug-likeness (QED) is 0.488. The molecule has 0 radical (unpaired) electrons. The zero-order chi connectivity index (χ0) is 15.4. The van der Waals surface area contributed by atoms with Crippen LogP contribution >= 0.6 is 23.2 Å². The number of hydrogen-bond acceptors (Lipinski definition) is 1. The third-order valence-electron chi connectivity index (χ3n) is 3.60. The highest BCUT2D eigenvalue weighted by Gasteiger charge is 2.13. The molecule has 0 aliphatic carbocycles. The average molecular weight is 331 g/mol. The summed E-state index contributed by atoms with van der Waals surface area (Å²) in [6.07, 6.45) is 4.11. The zero-order valence-electron chi connectivity index (χ0n) is 12.5. The van der Waals surface area contributed by atoms with E-state index in [-0.39, 0.29) is 5.02 Å². The van der Waals surface area contributed by atoms with Crippen molar-refractivity contribution in [1.29, 1.82) is 0 Å². The van der Waals surface area contributed by atoms with Crippen LogP contribution in [0.2, 0.25) is 5.02 Å². The number of unbranched alkanes of at least 4 members (excludes halogenated alkanes) is 1. The maximum Gasteiger partial charge on any atom is 0.144 e. The first-order valence-corrected chi connectivity index (χ1v) is 8.34. The Labute approximate surface area is 135 Å². The largest absolute Gasteiger partial charge is 0.328 e. The Hall–Kier alpha value is -0.800. The number of benzene rings is 1. The van der Waals surface area contributed by atoms with Gasteiger partial charge in [0.25, 0.3) is 0 Å².